The summed E-state index contributed by atoms with van der Waals surface area (Å²) in [5.41, 5.74) is 3.09. The van der Waals surface area contributed by atoms with Crippen LogP contribution in [0.15, 0.2) is 38.5 Å². The number of esters is 1. The van der Waals surface area contributed by atoms with Crippen LogP contribution in [0.3, 0.4) is 0 Å². The van der Waals surface area contributed by atoms with Gasteiger partial charge in [0.15, 0.2) is 9.84 Å². The number of benzene rings is 1. The molecule has 0 aliphatic carbocycles. The van der Waals surface area contributed by atoms with Crippen LogP contribution in [-0.4, -0.2) is 44.5 Å². The Kier molecular flexibility index (Phi) is 8.69. The number of nitrogens with one attached hydrogen (secondary N) is 1. The lowest BCUT2D eigenvalue weighted by molar-refractivity contribution is 0.0607. The van der Waals surface area contributed by atoms with Crippen molar-refractivity contribution in [2.24, 2.45) is 5.10 Å². The first-order chi connectivity index (χ1) is 15.8. The number of carbonyl (C=O) groups excluding carboxylic acids is 2. The molecule has 1 aromatic carbocycles. The summed E-state index contributed by atoms with van der Waals surface area (Å²) in [4.78, 5) is 25.1. The second-order valence-corrected chi connectivity index (χ2v) is 13.1. The minimum absolute atomic E-state index is 0.0194. The number of Topliss-reactive ketones (excluding diaryl/α,β-unsaturated/α-hetero) is 1. The van der Waals surface area contributed by atoms with E-state index in [1.54, 1.807) is 24.5 Å². The molecule has 0 aliphatic heterocycles. The van der Waals surface area contributed by atoms with Crippen molar-refractivity contribution in [3.63, 3.8) is 0 Å². The van der Waals surface area contributed by atoms with E-state index >= 15 is 0 Å². The van der Waals surface area contributed by atoms with Crippen LogP contribution in [0, 0.1) is 11.3 Å². The third-order valence-corrected chi connectivity index (χ3v) is 9.68. The molecule has 0 radical (unpaired) electrons. The lowest BCUT2D eigenvalue weighted by Gasteiger charge is -2.18. The Morgan fingerprint density at radius 3 is 2.24 bits per heavy atom. The average Bonchev–Trinajstić information content (AvgIpc) is 3.17. The number of hydrogen-bond donors (Lipinski definition) is 1. The summed E-state index contributed by atoms with van der Waals surface area (Å²) in [7, 11) is -2.66. The molecule has 0 bridgehead atoms. The highest BCUT2D eigenvalue weighted by Crippen LogP contribution is 2.43. The standard InChI is InChI=1S/C23H27N3O5S3/c1-13(2)34(29,30)20-17(19(21(28)31-6)33-22(20)32-7)26-25-16(12-24)18(27)14-8-10-15(11-9-14)23(3,4)5/h8-11,13,26H,1-7H3. The third kappa shape index (κ3) is 5.68. The van der Waals surface area contributed by atoms with Gasteiger partial charge in [0.1, 0.15) is 21.5 Å². The Labute approximate surface area is 208 Å². The van der Waals surface area contributed by atoms with Gasteiger partial charge in [-0.15, -0.1) is 23.1 Å². The molecule has 1 N–H and O–H groups in total. The van der Waals surface area contributed by atoms with Crippen molar-refractivity contribution in [3.8, 4) is 6.07 Å². The summed E-state index contributed by atoms with van der Waals surface area (Å²) >= 11 is 2.10. The van der Waals surface area contributed by atoms with E-state index in [0.717, 1.165) is 28.7 Å². The van der Waals surface area contributed by atoms with E-state index in [0.29, 0.717) is 4.21 Å². The fourth-order valence-corrected chi connectivity index (χ4v) is 6.80. The summed E-state index contributed by atoms with van der Waals surface area (Å²) in [6.07, 6.45) is 1.69. The maximum Gasteiger partial charge on any atom is 0.350 e. The van der Waals surface area contributed by atoms with Crippen LogP contribution < -0.4 is 5.43 Å². The van der Waals surface area contributed by atoms with Gasteiger partial charge >= 0.3 is 5.97 Å². The minimum atomic E-state index is -3.83. The molecule has 8 nitrogen and oxygen atoms in total. The minimum Gasteiger partial charge on any atom is -0.465 e. The van der Waals surface area contributed by atoms with Gasteiger partial charge < -0.3 is 4.74 Å². The summed E-state index contributed by atoms with van der Waals surface area (Å²) in [6.45, 7) is 9.17. The molecule has 0 amide bonds. The SMILES string of the molecule is COC(=O)c1sc(SC)c(S(=O)(=O)C(C)C)c1NN=C(C#N)C(=O)c1ccc(C(C)(C)C)cc1. The normalized spacial score (nSPS) is 12.4. The third-order valence-electron chi connectivity index (χ3n) is 4.91. The molecule has 1 aromatic heterocycles. The van der Waals surface area contributed by atoms with Crippen LogP contribution in [0.2, 0.25) is 0 Å². The van der Waals surface area contributed by atoms with Gasteiger partial charge in [-0.2, -0.15) is 10.4 Å². The van der Waals surface area contributed by atoms with Gasteiger partial charge in [0.25, 0.3) is 0 Å². The molecular weight excluding hydrogens is 494 g/mol. The van der Waals surface area contributed by atoms with Crippen LogP contribution in [-0.2, 0) is 20.0 Å². The van der Waals surface area contributed by atoms with Gasteiger partial charge in [-0.3, -0.25) is 10.2 Å². The highest BCUT2D eigenvalue weighted by Gasteiger charge is 2.33. The van der Waals surface area contributed by atoms with Crippen LogP contribution in [0.5, 0.6) is 0 Å². The maximum absolute atomic E-state index is 13.1. The fraction of sp³-hybridized carbons (Fsp3) is 0.391. The number of hydrogen-bond acceptors (Lipinski definition) is 10. The smallest absolute Gasteiger partial charge is 0.350 e. The van der Waals surface area contributed by atoms with Gasteiger partial charge in [0, 0.05) is 5.56 Å². The van der Waals surface area contributed by atoms with E-state index < -0.39 is 32.6 Å². The molecule has 182 valence electrons. The molecule has 11 heteroatoms. The number of sulfone groups is 1. The van der Waals surface area contributed by atoms with Gasteiger partial charge in [-0.25, -0.2) is 13.2 Å². The molecule has 1 heterocycles. The summed E-state index contributed by atoms with van der Waals surface area (Å²) in [5, 5.41) is 12.7. The van der Waals surface area contributed by atoms with Crippen molar-refractivity contribution in [2.45, 2.75) is 54.4 Å². The number of carbonyl (C=O) groups is 2. The molecule has 34 heavy (non-hydrogen) atoms. The van der Waals surface area contributed by atoms with E-state index in [4.69, 9.17) is 4.74 Å². The number of anilines is 1. The van der Waals surface area contributed by atoms with E-state index in [2.05, 4.69) is 10.5 Å². The zero-order valence-electron chi connectivity index (χ0n) is 20.0. The molecule has 0 spiro atoms. The fourth-order valence-electron chi connectivity index (χ4n) is 2.86. The highest BCUT2D eigenvalue weighted by atomic mass is 32.2. The van der Waals surface area contributed by atoms with Crippen molar-refractivity contribution >= 4 is 56.1 Å². The first-order valence-corrected chi connectivity index (χ1v) is 13.8. The van der Waals surface area contributed by atoms with Crippen molar-refractivity contribution in [1.82, 2.24) is 0 Å². The number of ether oxygens (including phenoxy) is 1. The zero-order valence-corrected chi connectivity index (χ0v) is 22.5. The Hall–Kier alpha value is -2.68. The Morgan fingerprint density at radius 1 is 1.21 bits per heavy atom. The Bertz CT molecular complexity index is 1260. The summed E-state index contributed by atoms with van der Waals surface area (Å²) < 4.78 is 31.3. The average molecular weight is 522 g/mol. The van der Waals surface area contributed by atoms with E-state index in [1.807, 2.05) is 32.9 Å². The van der Waals surface area contributed by atoms with Crippen molar-refractivity contribution < 1.29 is 22.7 Å². The second-order valence-electron chi connectivity index (χ2n) is 8.55. The quantitative estimate of drug-likeness (QED) is 0.171. The number of ketones is 1. The summed E-state index contributed by atoms with van der Waals surface area (Å²) in [6, 6.07) is 8.59. The van der Waals surface area contributed by atoms with Gasteiger partial charge in [0.2, 0.25) is 11.5 Å². The molecule has 0 atom stereocenters. The predicted octanol–water partition coefficient (Wildman–Crippen LogP) is 4.91. The van der Waals surface area contributed by atoms with Gasteiger partial charge in [-0.05, 0) is 31.1 Å². The van der Waals surface area contributed by atoms with Crippen LogP contribution in [0.1, 0.15) is 60.2 Å². The number of thiophene rings is 1. The summed E-state index contributed by atoms with van der Waals surface area (Å²) in [5.74, 6) is -1.39. The molecule has 0 saturated heterocycles. The second kappa shape index (κ2) is 10.7. The van der Waals surface area contributed by atoms with Crippen LogP contribution in [0.4, 0.5) is 5.69 Å². The Morgan fingerprint density at radius 2 is 1.79 bits per heavy atom. The number of rotatable bonds is 8. The van der Waals surface area contributed by atoms with Crippen molar-refractivity contribution in [1.29, 1.82) is 5.26 Å². The largest absolute Gasteiger partial charge is 0.465 e. The molecule has 0 aliphatic rings. The van der Waals surface area contributed by atoms with Crippen molar-refractivity contribution in [2.75, 3.05) is 18.8 Å². The van der Waals surface area contributed by atoms with E-state index in [9.17, 15) is 23.3 Å². The van der Waals surface area contributed by atoms with Crippen LogP contribution in [0.25, 0.3) is 0 Å². The van der Waals surface area contributed by atoms with Gasteiger partial charge in [0.05, 0.1) is 16.6 Å². The molecule has 0 unspecified atom stereocenters. The molecular formula is C23H27N3O5S3. The van der Waals surface area contributed by atoms with Gasteiger partial charge in [-0.1, -0.05) is 45.0 Å². The monoisotopic (exact) mass is 521 g/mol. The lowest BCUT2D eigenvalue weighted by atomic mass is 9.86. The van der Waals surface area contributed by atoms with E-state index in [-0.39, 0.29) is 26.4 Å². The lowest BCUT2D eigenvalue weighted by Crippen LogP contribution is -2.18. The highest BCUT2D eigenvalue weighted by molar-refractivity contribution is 8.01. The first kappa shape index (κ1) is 27.6. The van der Waals surface area contributed by atoms with Crippen molar-refractivity contribution in [3.05, 3.63) is 40.3 Å². The van der Waals surface area contributed by atoms with E-state index in [1.165, 1.54) is 21.0 Å². The maximum atomic E-state index is 13.1. The number of thioether (sulfide) groups is 1. The van der Waals surface area contributed by atoms with Crippen LogP contribution >= 0.6 is 23.1 Å². The zero-order chi connectivity index (χ0) is 25.8. The number of nitriles is 1. The molecule has 0 fully saturated rings. The molecule has 0 saturated carbocycles. The topological polar surface area (TPSA) is 126 Å². The molecule has 2 rings (SSSR count). The Balaban J connectivity index is 2.57. The number of hydrazone groups is 1. The number of nitrogens with zero attached hydrogens (tertiary/aromatic N) is 2. The molecule has 2 aromatic rings. The first-order valence-electron chi connectivity index (χ1n) is 10.2. The number of methoxy groups -OCH3 is 1. The predicted molar refractivity (Wildman–Crippen MR) is 136 cm³/mol.